The van der Waals surface area contributed by atoms with Crippen LogP contribution in [0.3, 0.4) is 0 Å². The van der Waals surface area contributed by atoms with Gasteiger partial charge in [0.15, 0.2) is 0 Å². The fourth-order valence-electron chi connectivity index (χ4n) is 2.87. The molecule has 0 bridgehead atoms. The summed E-state index contributed by atoms with van der Waals surface area (Å²) >= 11 is 6.89. The number of sulfonamides is 1. The van der Waals surface area contributed by atoms with Crippen LogP contribution in [0.4, 0.5) is 14.5 Å². The van der Waals surface area contributed by atoms with E-state index in [0.717, 1.165) is 30.6 Å². The van der Waals surface area contributed by atoms with Gasteiger partial charge in [-0.3, -0.25) is 4.79 Å². The Morgan fingerprint density at radius 3 is 2.57 bits per heavy atom. The first-order valence-electron chi connectivity index (χ1n) is 8.42. The van der Waals surface area contributed by atoms with Crippen molar-refractivity contribution in [3.63, 3.8) is 0 Å². The van der Waals surface area contributed by atoms with Gasteiger partial charge in [0.2, 0.25) is 10.0 Å². The van der Waals surface area contributed by atoms with Gasteiger partial charge in [-0.15, -0.1) is 11.3 Å². The summed E-state index contributed by atoms with van der Waals surface area (Å²) in [7, 11) is -3.76. The topological polar surface area (TPSA) is 75.7 Å². The third-order valence-electron chi connectivity index (χ3n) is 4.17. The molecule has 0 spiro atoms. The van der Waals surface area contributed by atoms with Crippen LogP contribution in [0.5, 0.6) is 5.75 Å². The molecule has 1 fully saturated rings. The van der Waals surface area contributed by atoms with Crippen molar-refractivity contribution in [1.82, 2.24) is 4.31 Å². The van der Waals surface area contributed by atoms with Gasteiger partial charge in [-0.2, -0.15) is 13.1 Å². The zero-order chi connectivity index (χ0) is 20.3. The second-order valence-electron chi connectivity index (χ2n) is 6.06. The fourth-order valence-corrected chi connectivity index (χ4v) is 5.91. The number of rotatable bonds is 6. The molecule has 1 aliphatic rings. The Hall–Kier alpha value is -1.75. The highest BCUT2D eigenvalue weighted by Crippen LogP contribution is 2.31. The molecular formula is C17H17ClF2N2O4S2. The molecule has 1 amide bonds. The third kappa shape index (κ3) is 4.62. The second-order valence-corrected chi connectivity index (χ2v) is 9.29. The SMILES string of the molecule is O=C(Nc1ccc(OC(F)F)c(Cl)c1)c1sccc1S(=O)(=O)N1CCCCC1. The van der Waals surface area contributed by atoms with E-state index in [9.17, 15) is 22.0 Å². The average Bonchev–Trinajstić information content (AvgIpc) is 3.15. The largest absolute Gasteiger partial charge is 0.433 e. The molecular weight excluding hydrogens is 434 g/mol. The molecule has 11 heteroatoms. The molecule has 1 aromatic carbocycles. The van der Waals surface area contributed by atoms with E-state index in [0.29, 0.717) is 13.1 Å². The number of alkyl halides is 2. The summed E-state index contributed by atoms with van der Waals surface area (Å²) in [6.45, 7) is -2.16. The number of nitrogens with one attached hydrogen (secondary N) is 1. The van der Waals surface area contributed by atoms with Crippen LogP contribution < -0.4 is 10.1 Å². The molecule has 1 N–H and O–H groups in total. The number of nitrogens with zero attached hydrogens (tertiary/aromatic N) is 1. The number of halogens is 3. The zero-order valence-corrected chi connectivity index (χ0v) is 16.9. The number of thiophene rings is 1. The minimum atomic E-state index is -3.76. The van der Waals surface area contributed by atoms with Gasteiger partial charge in [-0.1, -0.05) is 18.0 Å². The number of ether oxygens (including phenoxy) is 1. The number of hydrogen-bond donors (Lipinski definition) is 1. The lowest BCUT2D eigenvalue weighted by Gasteiger charge is -2.25. The lowest BCUT2D eigenvalue weighted by Crippen LogP contribution is -2.36. The molecule has 2 heterocycles. The van der Waals surface area contributed by atoms with Gasteiger partial charge in [0, 0.05) is 18.8 Å². The Kier molecular flexibility index (Phi) is 6.54. The Morgan fingerprint density at radius 2 is 1.93 bits per heavy atom. The minimum Gasteiger partial charge on any atom is -0.433 e. The van der Waals surface area contributed by atoms with Crippen molar-refractivity contribution in [2.75, 3.05) is 18.4 Å². The van der Waals surface area contributed by atoms with Crippen LogP contribution in [0.15, 0.2) is 34.5 Å². The predicted molar refractivity (Wildman–Crippen MR) is 103 cm³/mol. The summed E-state index contributed by atoms with van der Waals surface area (Å²) in [5.74, 6) is -0.844. The monoisotopic (exact) mass is 450 g/mol. The first-order valence-corrected chi connectivity index (χ1v) is 11.1. The lowest BCUT2D eigenvalue weighted by atomic mass is 10.2. The van der Waals surface area contributed by atoms with Crippen molar-refractivity contribution in [3.05, 3.63) is 39.5 Å². The molecule has 6 nitrogen and oxygen atoms in total. The smallest absolute Gasteiger partial charge is 0.387 e. The van der Waals surface area contributed by atoms with E-state index in [1.54, 1.807) is 0 Å². The minimum absolute atomic E-state index is 0.0411. The molecule has 3 rings (SSSR count). The molecule has 0 atom stereocenters. The lowest BCUT2D eigenvalue weighted by molar-refractivity contribution is -0.0497. The van der Waals surface area contributed by atoms with Gasteiger partial charge in [-0.25, -0.2) is 8.42 Å². The van der Waals surface area contributed by atoms with E-state index >= 15 is 0 Å². The normalized spacial score (nSPS) is 15.6. The molecule has 0 unspecified atom stereocenters. The maximum absolute atomic E-state index is 12.9. The summed E-state index contributed by atoms with van der Waals surface area (Å²) in [6, 6.07) is 5.21. The highest BCUT2D eigenvalue weighted by Gasteiger charge is 2.31. The van der Waals surface area contributed by atoms with Crippen LogP contribution in [-0.2, 0) is 10.0 Å². The quantitative estimate of drug-likeness (QED) is 0.706. The number of carbonyl (C=O) groups excluding carboxylic acids is 1. The van der Waals surface area contributed by atoms with Crippen LogP contribution in [0.2, 0.25) is 5.02 Å². The molecule has 0 radical (unpaired) electrons. The molecule has 0 saturated carbocycles. The first-order chi connectivity index (χ1) is 13.3. The van der Waals surface area contributed by atoms with Crippen molar-refractivity contribution in [2.45, 2.75) is 30.8 Å². The fraction of sp³-hybridized carbons (Fsp3) is 0.353. The number of hydrogen-bond acceptors (Lipinski definition) is 5. The summed E-state index contributed by atoms with van der Waals surface area (Å²) in [4.78, 5) is 12.6. The summed E-state index contributed by atoms with van der Waals surface area (Å²) in [6.07, 6.45) is 2.56. The Morgan fingerprint density at radius 1 is 1.21 bits per heavy atom. The van der Waals surface area contributed by atoms with Crippen LogP contribution >= 0.6 is 22.9 Å². The third-order valence-corrected chi connectivity index (χ3v) is 7.45. The van der Waals surface area contributed by atoms with Crippen molar-refractivity contribution < 1.29 is 26.7 Å². The van der Waals surface area contributed by atoms with Crippen molar-refractivity contribution in [1.29, 1.82) is 0 Å². The van der Waals surface area contributed by atoms with Crippen LogP contribution in [0.25, 0.3) is 0 Å². The van der Waals surface area contributed by atoms with Gasteiger partial charge in [0.1, 0.15) is 15.5 Å². The Bertz CT molecular complexity index is 960. The molecule has 0 aliphatic carbocycles. The Balaban J connectivity index is 1.79. The van der Waals surface area contributed by atoms with E-state index in [2.05, 4.69) is 10.1 Å². The number of carbonyl (C=O) groups is 1. The van der Waals surface area contributed by atoms with E-state index in [1.807, 2.05) is 0 Å². The van der Waals surface area contributed by atoms with Crippen molar-refractivity contribution >= 4 is 44.6 Å². The maximum Gasteiger partial charge on any atom is 0.387 e. The first kappa shape index (κ1) is 21.0. The van der Waals surface area contributed by atoms with Gasteiger partial charge in [0.25, 0.3) is 5.91 Å². The summed E-state index contributed by atoms with van der Waals surface area (Å²) in [5, 5.41) is 3.98. The summed E-state index contributed by atoms with van der Waals surface area (Å²) in [5.41, 5.74) is 0.228. The average molecular weight is 451 g/mol. The van der Waals surface area contributed by atoms with Gasteiger partial charge in [-0.05, 0) is 42.5 Å². The second kappa shape index (κ2) is 8.73. The van der Waals surface area contributed by atoms with Crippen LogP contribution in [0, 0.1) is 0 Å². The number of piperidine rings is 1. The van der Waals surface area contributed by atoms with E-state index in [-0.39, 0.29) is 26.2 Å². The Labute approximate surface area is 170 Å². The molecule has 28 heavy (non-hydrogen) atoms. The highest BCUT2D eigenvalue weighted by atomic mass is 35.5. The molecule has 1 aliphatic heterocycles. The van der Waals surface area contributed by atoms with Gasteiger partial charge in [0.05, 0.1) is 5.02 Å². The highest BCUT2D eigenvalue weighted by molar-refractivity contribution is 7.89. The summed E-state index contributed by atoms with van der Waals surface area (Å²) < 4.78 is 56.0. The number of amides is 1. The number of anilines is 1. The number of benzene rings is 1. The molecule has 152 valence electrons. The van der Waals surface area contributed by atoms with E-state index < -0.39 is 22.5 Å². The van der Waals surface area contributed by atoms with Gasteiger partial charge < -0.3 is 10.1 Å². The predicted octanol–water partition coefficient (Wildman–Crippen LogP) is 4.43. The van der Waals surface area contributed by atoms with Gasteiger partial charge >= 0.3 is 6.61 Å². The van der Waals surface area contributed by atoms with Crippen LogP contribution in [-0.4, -0.2) is 38.3 Å². The molecule has 2 aromatic rings. The molecule has 1 aromatic heterocycles. The zero-order valence-electron chi connectivity index (χ0n) is 14.5. The van der Waals surface area contributed by atoms with Crippen LogP contribution in [0.1, 0.15) is 28.9 Å². The van der Waals surface area contributed by atoms with E-state index in [1.165, 1.54) is 34.0 Å². The van der Waals surface area contributed by atoms with E-state index in [4.69, 9.17) is 11.6 Å². The van der Waals surface area contributed by atoms with Crippen molar-refractivity contribution in [3.8, 4) is 5.75 Å². The molecule has 1 saturated heterocycles. The maximum atomic E-state index is 12.9. The van der Waals surface area contributed by atoms with Crippen molar-refractivity contribution in [2.24, 2.45) is 0 Å². The standard InChI is InChI=1S/C17H17ClF2N2O4S2/c18-12-10-11(4-5-13(12)26-17(19)20)21-16(23)15-14(6-9-27-15)28(24,25)22-7-2-1-3-8-22/h4-6,9-10,17H,1-3,7-8H2,(H,21,23).